The van der Waals surface area contributed by atoms with Crippen LogP contribution in [0.1, 0.15) is 12.8 Å². The van der Waals surface area contributed by atoms with Gasteiger partial charge in [-0.05, 0) is 21.5 Å². The van der Waals surface area contributed by atoms with Crippen molar-refractivity contribution in [1.82, 2.24) is 9.97 Å². The van der Waals surface area contributed by atoms with Gasteiger partial charge < -0.3 is 10.6 Å². The van der Waals surface area contributed by atoms with Gasteiger partial charge in [-0.1, -0.05) is 84.9 Å². The van der Waals surface area contributed by atoms with Crippen molar-refractivity contribution in [3.8, 4) is 22.5 Å². The van der Waals surface area contributed by atoms with Gasteiger partial charge in [0.1, 0.15) is 0 Å². The van der Waals surface area contributed by atoms with E-state index in [0.29, 0.717) is 10.3 Å². The third-order valence-electron chi connectivity index (χ3n) is 6.21. The van der Waals surface area contributed by atoms with Gasteiger partial charge in [-0.25, -0.2) is 9.97 Å². The van der Waals surface area contributed by atoms with Crippen molar-refractivity contribution in [2.75, 3.05) is 10.6 Å². The third kappa shape index (κ3) is 5.04. The van der Waals surface area contributed by atoms with Crippen molar-refractivity contribution in [1.29, 1.82) is 0 Å². The minimum Gasteiger partial charge on any atom is -0.302 e. The van der Waals surface area contributed by atoms with Crippen molar-refractivity contribution < 1.29 is 9.59 Å². The Morgan fingerprint density at radius 3 is 1.47 bits per heavy atom. The molecule has 0 unspecified atom stereocenters. The van der Waals surface area contributed by atoms with Crippen LogP contribution in [0.3, 0.4) is 0 Å². The van der Waals surface area contributed by atoms with Crippen LogP contribution in [0.4, 0.5) is 10.3 Å². The Morgan fingerprint density at radius 1 is 0.579 bits per heavy atom. The molecular formula is C30H22N4O2S2. The van der Waals surface area contributed by atoms with E-state index in [9.17, 15) is 9.59 Å². The maximum atomic E-state index is 12.5. The highest BCUT2D eigenvalue weighted by Gasteiger charge is 2.14. The zero-order valence-electron chi connectivity index (χ0n) is 20.2. The van der Waals surface area contributed by atoms with Crippen molar-refractivity contribution >= 4 is 66.3 Å². The molecule has 8 heteroatoms. The van der Waals surface area contributed by atoms with Crippen LogP contribution in [-0.4, -0.2) is 21.8 Å². The number of carbonyl (C=O) groups excluding carboxylic acids is 2. The van der Waals surface area contributed by atoms with Gasteiger partial charge in [-0.2, -0.15) is 0 Å². The summed E-state index contributed by atoms with van der Waals surface area (Å²) in [5, 5.41) is 15.0. The zero-order valence-corrected chi connectivity index (χ0v) is 21.8. The van der Waals surface area contributed by atoms with E-state index in [1.54, 1.807) is 0 Å². The molecule has 2 aromatic heterocycles. The van der Waals surface area contributed by atoms with Crippen molar-refractivity contribution in [2.24, 2.45) is 0 Å². The molecule has 0 saturated carbocycles. The molecule has 6 nitrogen and oxygen atoms in total. The van der Waals surface area contributed by atoms with Gasteiger partial charge in [0.2, 0.25) is 11.8 Å². The van der Waals surface area contributed by atoms with Crippen molar-refractivity contribution in [3.05, 3.63) is 95.7 Å². The number of aromatic nitrogens is 2. The number of nitrogens with zero attached hydrogens (tertiary/aromatic N) is 2. The molecule has 0 saturated heterocycles. The fourth-order valence-corrected chi connectivity index (χ4v) is 5.85. The number of nitrogens with one attached hydrogen (secondary N) is 2. The standard InChI is InChI=1S/C30H22N4O2S2/c35-27(33-29-31-25(17-37-29)23-13-5-9-19-7-1-3-11-21(19)23)15-16-28(36)34-30-32-26(18-38-30)24-14-6-10-20-8-2-4-12-22(20)24/h1-14,17-18H,15-16H2,(H,31,33,35)(H,32,34,36). The Morgan fingerprint density at radius 2 is 1.00 bits per heavy atom. The number of anilines is 2. The predicted octanol–water partition coefficient (Wildman–Crippen LogP) is 7.60. The van der Waals surface area contributed by atoms with Crippen LogP contribution in [0.2, 0.25) is 0 Å². The monoisotopic (exact) mass is 534 g/mol. The minimum atomic E-state index is -0.255. The van der Waals surface area contributed by atoms with Crippen LogP contribution in [0, 0.1) is 0 Å². The molecule has 0 spiro atoms. The molecule has 2 amide bonds. The number of amides is 2. The highest BCUT2D eigenvalue weighted by Crippen LogP contribution is 2.32. The SMILES string of the molecule is O=C(CCC(=O)Nc1nc(-c2cccc3ccccc23)cs1)Nc1nc(-c2cccc3ccccc23)cs1. The molecule has 2 N–H and O–H groups in total. The average molecular weight is 535 g/mol. The lowest BCUT2D eigenvalue weighted by Crippen LogP contribution is -2.17. The zero-order chi connectivity index (χ0) is 25.9. The summed E-state index contributed by atoms with van der Waals surface area (Å²) in [6.07, 6.45) is 0.104. The maximum absolute atomic E-state index is 12.5. The molecule has 0 aliphatic heterocycles. The smallest absolute Gasteiger partial charge is 0.226 e. The second-order valence-electron chi connectivity index (χ2n) is 8.73. The average Bonchev–Trinajstić information content (AvgIpc) is 3.61. The predicted molar refractivity (Wildman–Crippen MR) is 157 cm³/mol. The van der Waals surface area contributed by atoms with E-state index in [0.717, 1.165) is 44.1 Å². The third-order valence-corrected chi connectivity index (χ3v) is 7.73. The molecule has 6 rings (SSSR count). The van der Waals surface area contributed by atoms with Gasteiger partial charge in [0.25, 0.3) is 0 Å². The second kappa shape index (κ2) is 10.5. The molecule has 4 aromatic carbocycles. The van der Waals surface area contributed by atoms with E-state index >= 15 is 0 Å². The summed E-state index contributed by atoms with van der Waals surface area (Å²) in [5.41, 5.74) is 3.66. The van der Waals surface area contributed by atoms with E-state index in [-0.39, 0.29) is 24.7 Å². The summed E-state index contributed by atoms with van der Waals surface area (Å²) in [7, 11) is 0. The highest BCUT2D eigenvalue weighted by molar-refractivity contribution is 7.14. The first-order valence-corrected chi connectivity index (χ1v) is 13.9. The Hall–Kier alpha value is -4.40. The summed E-state index contributed by atoms with van der Waals surface area (Å²) >= 11 is 2.74. The molecule has 2 heterocycles. The van der Waals surface area contributed by atoms with E-state index in [1.165, 1.54) is 22.7 Å². The van der Waals surface area contributed by atoms with E-state index in [4.69, 9.17) is 0 Å². The molecule has 38 heavy (non-hydrogen) atoms. The lowest BCUT2D eigenvalue weighted by Gasteiger charge is -2.04. The van der Waals surface area contributed by atoms with Crippen LogP contribution in [-0.2, 0) is 9.59 Å². The number of fused-ring (bicyclic) bond motifs is 2. The Bertz CT molecular complexity index is 1650. The van der Waals surface area contributed by atoms with Gasteiger partial charge in [0.05, 0.1) is 11.4 Å². The van der Waals surface area contributed by atoms with Gasteiger partial charge >= 0.3 is 0 Å². The van der Waals surface area contributed by atoms with Crippen LogP contribution in [0.15, 0.2) is 95.7 Å². The minimum absolute atomic E-state index is 0.0522. The van der Waals surface area contributed by atoms with Gasteiger partial charge in [0, 0.05) is 34.7 Å². The van der Waals surface area contributed by atoms with Gasteiger partial charge in [-0.3, -0.25) is 9.59 Å². The van der Waals surface area contributed by atoms with Crippen molar-refractivity contribution in [3.63, 3.8) is 0 Å². The topological polar surface area (TPSA) is 84.0 Å². The first-order chi connectivity index (χ1) is 18.6. The highest BCUT2D eigenvalue weighted by atomic mass is 32.1. The van der Waals surface area contributed by atoms with Gasteiger partial charge in [0.15, 0.2) is 10.3 Å². The maximum Gasteiger partial charge on any atom is 0.226 e. The fraction of sp³-hybridized carbons (Fsp3) is 0.0667. The van der Waals surface area contributed by atoms with Crippen LogP contribution >= 0.6 is 22.7 Å². The summed E-state index contributed by atoms with van der Waals surface area (Å²) in [6, 6.07) is 28.5. The first-order valence-electron chi connectivity index (χ1n) is 12.1. The van der Waals surface area contributed by atoms with Crippen molar-refractivity contribution in [2.45, 2.75) is 12.8 Å². The molecule has 186 valence electrons. The van der Waals surface area contributed by atoms with E-state index in [1.807, 2.05) is 59.3 Å². The molecule has 0 bridgehead atoms. The number of hydrogen-bond acceptors (Lipinski definition) is 6. The van der Waals surface area contributed by atoms with E-state index < -0.39 is 0 Å². The largest absolute Gasteiger partial charge is 0.302 e. The number of carbonyl (C=O) groups is 2. The molecule has 0 aliphatic rings. The Labute approximate surface area is 227 Å². The van der Waals surface area contributed by atoms with E-state index in [2.05, 4.69) is 57.0 Å². The first kappa shape index (κ1) is 24.0. The lowest BCUT2D eigenvalue weighted by atomic mass is 10.0. The molecule has 0 radical (unpaired) electrons. The number of rotatable bonds is 7. The quantitative estimate of drug-likeness (QED) is 0.221. The molecule has 6 aromatic rings. The van der Waals surface area contributed by atoms with Gasteiger partial charge in [-0.15, -0.1) is 22.7 Å². The normalized spacial score (nSPS) is 11.1. The van der Waals surface area contributed by atoms with Crippen LogP contribution in [0.5, 0.6) is 0 Å². The number of thiazole rings is 2. The Balaban J connectivity index is 1.05. The summed E-state index contributed by atoms with van der Waals surface area (Å²) in [6.45, 7) is 0. The van der Waals surface area contributed by atoms with Crippen LogP contribution < -0.4 is 10.6 Å². The second-order valence-corrected chi connectivity index (χ2v) is 10.4. The summed E-state index contributed by atoms with van der Waals surface area (Å²) in [5.74, 6) is -0.510. The molecule has 0 aliphatic carbocycles. The summed E-state index contributed by atoms with van der Waals surface area (Å²) in [4.78, 5) is 34.2. The van der Waals surface area contributed by atoms with Crippen LogP contribution in [0.25, 0.3) is 44.1 Å². The fourth-order valence-electron chi connectivity index (χ4n) is 4.40. The molecule has 0 fully saturated rings. The Kier molecular flexibility index (Phi) is 6.64. The number of hydrogen-bond donors (Lipinski definition) is 2. The number of benzene rings is 4. The lowest BCUT2D eigenvalue weighted by molar-refractivity contribution is -0.121. The molecular weight excluding hydrogens is 512 g/mol. The summed E-state index contributed by atoms with van der Waals surface area (Å²) < 4.78 is 0. The molecule has 0 atom stereocenters.